The number of ether oxygens (including phenoxy) is 1. The molecule has 0 saturated heterocycles. The zero-order valence-corrected chi connectivity index (χ0v) is 48.4. The summed E-state index contributed by atoms with van der Waals surface area (Å²) in [6.07, 6.45) is 8.18. The van der Waals surface area contributed by atoms with Gasteiger partial charge in [-0.1, -0.05) is 105 Å². The van der Waals surface area contributed by atoms with Crippen molar-refractivity contribution in [3.63, 3.8) is 0 Å². The van der Waals surface area contributed by atoms with Gasteiger partial charge in [-0.2, -0.15) is 5.26 Å². The Morgan fingerprint density at radius 1 is 0.803 bits per heavy atom. The SMILES string of the molecule is CCC(C)(C)c1cc2c(c(C(C)(C)CC)c1)CC(/C(C#N)=C/c1ccc(N(C(=O)OC(C(=O)Nc3cc(NS(=O)(=O)c4ccc(NS(C)(=O)=O)cc4NS(C)(=O)=O)ccc3Cl)C(=O)C(C)(C)C)C3CCCC3)cc1C)=C2. The van der Waals surface area contributed by atoms with E-state index >= 15 is 0 Å². The number of nitriles is 1. The zero-order chi connectivity index (χ0) is 56.5. The highest BCUT2D eigenvalue weighted by Gasteiger charge is 2.41. The number of aryl methyl sites for hydroxylation is 1. The van der Waals surface area contributed by atoms with Gasteiger partial charge in [0.2, 0.25) is 26.2 Å². The van der Waals surface area contributed by atoms with Crippen LogP contribution in [0.15, 0.2) is 82.8 Å². The molecule has 0 radical (unpaired) electrons. The van der Waals surface area contributed by atoms with Gasteiger partial charge in [0.15, 0.2) is 5.78 Å². The lowest BCUT2D eigenvalue weighted by molar-refractivity contribution is -0.142. The number of halogens is 1. The molecule has 0 bridgehead atoms. The van der Waals surface area contributed by atoms with E-state index in [-0.39, 0.29) is 39.0 Å². The number of amides is 2. The highest BCUT2D eigenvalue weighted by molar-refractivity contribution is 7.93. The molecule has 2 amide bonds. The van der Waals surface area contributed by atoms with Gasteiger partial charge in [0.05, 0.1) is 51.9 Å². The van der Waals surface area contributed by atoms with E-state index in [1.165, 1.54) is 33.7 Å². The molecular formula is C56H69ClN6O10S3. The molecule has 6 rings (SSSR count). The molecule has 0 heterocycles. The third-order valence-electron chi connectivity index (χ3n) is 14.2. The van der Waals surface area contributed by atoms with E-state index in [0.29, 0.717) is 30.5 Å². The van der Waals surface area contributed by atoms with Crippen LogP contribution < -0.4 is 24.4 Å². The molecular weight excluding hydrogens is 1050 g/mol. The largest absolute Gasteiger partial charge is 0.428 e. The first kappa shape index (κ1) is 59.1. The van der Waals surface area contributed by atoms with Crippen LogP contribution in [0.4, 0.5) is 33.2 Å². The number of sulfonamides is 3. The van der Waals surface area contributed by atoms with Crippen molar-refractivity contribution in [2.45, 2.75) is 142 Å². The van der Waals surface area contributed by atoms with Gasteiger partial charge < -0.3 is 10.1 Å². The average molecular weight is 1120 g/mol. The number of fused-ring (bicyclic) bond motifs is 1. The quantitative estimate of drug-likeness (QED) is 0.0509. The van der Waals surface area contributed by atoms with Gasteiger partial charge in [-0.3, -0.25) is 28.7 Å². The van der Waals surface area contributed by atoms with Crippen molar-refractivity contribution in [2.24, 2.45) is 5.41 Å². The Balaban J connectivity index is 1.28. The van der Waals surface area contributed by atoms with Crippen molar-refractivity contribution in [3.05, 3.63) is 116 Å². The maximum Gasteiger partial charge on any atom is 0.415 e. The van der Waals surface area contributed by atoms with Gasteiger partial charge in [-0.25, -0.2) is 30.0 Å². The van der Waals surface area contributed by atoms with Crippen LogP contribution in [0.5, 0.6) is 0 Å². The minimum absolute atomic E-state index is 0.0289. The van der Waals surface area contributed by atoms with E-state index in [9.17, 15) is 44.9 Å². The number of anilines is 5. The lowest BCUT2D eigenvalue weighted by atomic mass is 9.73. The van der Waals surface area contributed by atoms with Gasteiger partial charge in [0, 0.05) is 17.1 Å². The number of carbonyl (C=O) groups is 3. The number of nitrogens with zero attached hydrogens (tertiary/aromatic N) is 2. The molecule has 4 aromatic carbocycles. The van der Waals surface area contributed by atoms with Gasteiger partial charge in [0.1, 0.15) is 4.90 Å². The Morgan fingerprint density at radius 2 is 1.41 bits per heavy atom. The summed E-state index contributed by atoms with van der Waals surface area (Å²) in [6, 6.07) is 19.0. The van der Waals surface area contributed by atoms with E-state index in [1.54, 1.807) is 26.8 Å². The fourth-order valence-corrected chi connectivity index (χ4v) is 11.7. The van der Waals surface area contributed by atoms with Gasteiger partial charge in [0.25, 0.3) is 15.9 Å². The predicted octanol–water partition coefficient (Wildman–Crippen LogP) is 11.6. The topological polar surface area (TPSA) is 238 Å². The molecule has 4 aromatic rings. The number of carbonyl (C=O) groups excluding carboxylic acids is 3. The number of Topliss-reactive ketones (excluding diaryl/α,β-unsaturated/α-hetero) is 1. The van der Waals surface area contributed by atoms with E-state index < -0.39 is 70.0 Å². The highest BCUT2D eigenvalue weighted by Crippen LogP contribution is 2.43. The Kier molecular flexibility index (Phi) is 17.4. The Bertz CT molecular complexity index is 3420. The zero-order valence-electron chi connectivity index (χ0n) is 45.2. The number of benzene rings is 4. The molecule has 0 spiro atoms. The molecule has 1 fully saturated rings. The maximum absolute atomic E-state index is 14.6. The molecule has 4 N–H and O–H groups in total. The summed E-state index contributed by atoms with van der Waals surface area (Å²) in [4.78, 5) is 43.9. The van der Waals surface area contributed by atoms with E-state index in [2.05, 4.69) is 85.3 Å². The minimum atomic E-state index is -4.64. The van der Waals surface area contributed by atoms with Crippen molar-refractivity contribution in [3.8, 4) is 6.07 Å². The van der Waals surface area contributed by atoms with Crippen LogP contribution in [0.1, 0.15) is 134 Å². The number of hydrogen-bond acceptors (Lipinski definition) is 11. The summed E-state index contributed by atoms with van der Waals surface area (Å²) >= 11 is 6.52. The molecule has 2 aliphatic rings. The fourth-order valence-electron chi connectivity index (χ4n) is 9.15. The molecule has 16 nitrogen and oxygen atoms in total. The third kappa shape index (κ3) is 14.0. The summed E-state index contributed by atoms with van der Waals surface area (Å²) < 4.78 is 88.3. The normalized spacial score (nSPS) is 15.0. The smallest absolute Gasteiger partial charge is 0.415 e. The van der Waals surface area contributed by atoms with Crippen LogP contribution in [-0.4, -0.2) is 67.7 Å². The summed E-state index contributed by atoms with van der Waals surface area (Å²) in [5, 5.41) is 13.1. The van der Waals surface area contributed by atoms with Gasteiger partial charge in [-0.15, -0.1) is 0 Å². The standard InChI is InChI=1S/C56H69ClN6O10S3/c1-13-55(7,8)39-28-37-27-36(29-44(37)45(30-39)56(9,10)14-2)38(33-58)26-35-19-22-43(25-34(35)3)63(42-17-15-16-18-42)53(66)73-50(51(64)54(4,5)6)52(65)59-47-31-41(20-23-46(47)57)61-76(71,72)49-24-21-40(60-74(11,67)68)32-48(49)62-75(12,69)70/h19-28,30-32,42,50,60-62H,13-18,29H2,1-12H3,(H,59,65)/b38-26+. The van der Waals surface area contributed by atoms with Crippen molar-refractivity contribution in [1.82, 2.24) is 0 Å². The monoisotopic (exact) mass is 1120 g/mol. The molecule has 2 aliphatic carbocycles. The number of allylic oxidation sites excluding steroid dienone is 2. The van der Waals surface area contributed by atoms with Crippen molar-refractivity contribution in [2.75, 3.05) is 36.9 Å². The van der Waals surface area contributed by atoms with Crippen LogP contribution in [0.25, 0.3) is 12.2 Å². The first-order valence-corrected chi connectivity index (χ1v) is 30.7. The Labute approximate surface area is 453 Å². The van der Waals surface area contributed by atoms with E-state index in [4.69, 9.17) is 16.3 Å². The highest BCUT2D eigenvalue weighted by atomic mass is 35.5. The molecule has 1 atom stereocenters. The molecule has 76 heavy (non-hydrogen) atoms. The third-order valence-corrected chi connectivity index (χ3v) is 17.2. The maximum atomic E-state index is 14.6. The molecule has 20 heteroatoms. The second-order valence-corrected chi connectivity index (χ2v) is 27.6. The number of ketones is 1. The summed E-state index contributed by atoms with van der Waals surface area (Å²) in [7, 11) is -12.5. The first-order valence-electron chi connectivity index (χ1n) is 25.0. The number of hydrogen-bond donors (Lipinski definition) is 4. The minimum Gasteiger partial charge on any atom is -0.428 e. The first-order chi connectivity index (χ1) is 35.2. The lowest BCUT2D eigenvalue weighted by Gasteiger charge is -2.31. The van der Waals surface area contributed by atoms with Crippen molar-refractivity contribution >= 4 is 100 Å². The van der Waals surface area contributed by atoms with Crippen LogP contribution in [0.2, 0.25) is 5.02 Å². The molecule has 0 aromatic heterocycles. The van der Waals surface area contributed by atoms with Gasteiger partial charge in [-0.05, 0) is 149 Å². The van der Waals surface area contributed by atoms with Crippen LogP contribution in [-0.2, 0) is 61.6 Å². The molecule has 408 valence electrons. The van der Waals surface area contributed by atoms with Gasteiger partial charge >= 0.3 is 6.09 Å². The van der Waals surface area contributed by atoms with Crippen molar-refractivity contribution in [1.29, 1.82) is 5.26 Å². The Morgan fingerprint density at radius 3 is 1.99 bits per heavy atom. The van der Waals surface area contributed by atoms with E-state index in [0.717, 1.165) is 84.7 Å². The van der Waals surface area contributed by atoms with Crippen LogP contribution in [0.3, 0.4) is 0 Å². The number of rotatable bonds is 19. The fraction of sp³-hybridized carbons (Fsp3) is 0.429. The van der Waals surface area contributed by atoms with E-state index in [1.807, 2.05) is 25.1 Å². The Hall–Kier alpha value is -6.20. The van der Waals surface area contributed by atoms with Crippen molar-refractivity contribution < 1.29 is 44.4 Å². The lowest BCUT2D eigenvalue weighted by Crippen LogP contribution is -2.48. The summed E-state index contributed by atoms with van der Waals surface area (Å²) in [5.74, 6) is -1.81. The van der Waals surface area contributed by atoms with Crippen LogP contribution in [0, 0.1) is 23.7 Å². The second kappa shape index (κ2) is 22.4. The summed E-state index contributed by atoms with van der Waals surface area (Å²) in [6.45, 7) is 20.0. The molecule has 1 saturated carbocycles. The average Bonchev–Trinajstić information content (AvgIpc) is 4.00. The summed E-state index contributed by atoms with van der Waals surface area (Å²) in [5.41, 5.74) is 6.16. The molecule has 0 aliphatic heterocycles. The predicted molar refractivity (Wildman–Crippen MR) is 303 cm³/mol. The molecule has 1 unspecified atom stereocenters. The number of nitrogens with one attached hydrogen (secondary N) is 4. The second-order valence-electron chi connectivity index (χ2n) is 22.1. The van der Waals surface area contributed by atoms with Crippen LogP contribution >= 0.6 is 11.6 Å².